The summed E-state index contributed by atoms with van der Waals surface area (Å²) in [4.78, 5) is 23.4. The zero-order valence-electron chi connectivity index (χ0n) is 17.9. The van der Waals surface area contributed by atoms with Gasteiger partial charge in [-0.2, -0.15) is 0 Å². The van der Waals surface area contributed by atoms with Crippen molar-refractivity contribution in [1.29, 1.82) is 0 Å². The van der Waals surface area contributed by atoms with E-state index in [0.717, 1.165) is 25.7 Å². The molecular formula is C23H38O5. The van der Waals surface area contributed by atoms with Crippen LogP contribution in [0.3, 0.4) is 0 Å². The first kappa shape index (κ1) is 24.6. The maximum absolute atomic E-state index is 12.3. The first-order chi connectivity index (χ1) is 13.2. The summed E-state index contributed by atoms with van der Waals surface area (Å²) in [5, 5.41) is 20.8. The topological polar surface area (TPSA) is 83.8 Å². The molecule has 0 saturated heterocycles. The van der Waals surface area contributed by atoms with E-state index in [9.17, 15) is 19.8 Å². The molecule has 0 aromatic heterocycles. The van der Waals surface area contributed by atoms with Crippen molar-refractivity contribution in [2.24, 2.45) is 17.3 Å². The fourth-order valence-corrected chi connectivity index (χ4v) is 3.63. The second kappa shape index (κ2) is 12.2. The normalized spacial score (nSPS) is 24.4. The van der Waals surface area contributed by atoms with Crippen LogP contribution < -0.4 is 0 Å². The van der Waals surface area contributed by atoms with E-state index in [1.54, 1.807) is 6.08 Å². The standard InChI is InChI=1S/C23H38O5/c1-5-6-15-23(2,3)21(26)14-13-18-17(19(24)16-20(18)25)11-9-7-8-10-12-22(27)28-4/h7,9,13-14,17-18,20-21,25-26H,5-6,8,10-12,15-16H2,1-4H3/b9-7-,14-13+/t17-,18-,20-,21-/m1/s1. The average Bonchev–Trinajstić information content (AvgIpc) is 2.93. The molecule has 1 fully saturated rings. The Balaban J connectivity index is 2.60. The Morgan fingerprint density at radius 1 is 1.32 bits per heavy atom. The predicted molar refractivity (Wildman–Crippen MR) is 111 cm³/mol. The minimum absolute atomic E-state index is 0.0705. The number of hydrogen-bond donors (Lipinski definition) is 2. The number of esters is 1. The van der Waals surface area contributed by atoms with Gasteiger partial charge in [0.15, 0.2) is 0 Å². The number of aliphatic hydroxyl groups is 2. The van der Waals surface area contributed by atoms with Gasteiger partial charge in [-0.1, -0.05) is 57.9 Å². The van der Waals surface area contributed by atoms with E-state index in [0.29, 0.717) is 19.3 Å². The summed E-state index contributed by atoms with van der Waals surface area (Å²) < 4.78 is 4.61. The van der Waals surface area contributed by atoms with Crippen LogP contribution in [0, 0.1) is 17.3 Å². The number of hydrogen-bond acceptors (Lipinski definition) is 5. The van der Waals surface area contributed by atoms with Crippen LogP contribution >= 0.6 is 0 Å². The van der Waals surface area contributed by atoms with E-state index in [1.807, 2.05) is 32.1 Å². The lowest BCUT2D eigenvalue weighted by molar-refractivity contribution is -0.140. The van der Waals surface area contributed by atoms with Gasteiger partial charge in [0.1, 0.15) is 5.78 Å². The summed E-state index contributed by atoms with van der Waals surface area (Å²) in [5.41, 5.74) is -0.227. The third kappa shape index (κ3) is 7.88. The maximum atomic E-state index is 12.3. The molecule has 0 unspecified atom stereocenters. The smallest absolute Gasteiger partial charge is 0.305 e. The van der Waals surface area contributed by atoms with Crippen molar-refractivity contribution in [3.63, 3.8) is 0 Å². The van der Waals surface area contributed by atoms with E-state index >= 15 is 0 Å². The lowest BCUT2D eigenvalue weighted by Gasteiger charge is -2.29. The molecule has 2 N–H and O–H groups in total. The number of methoxy groups -OCH3 is 1. The van der Waals surface area contributed by atoms with Crippen molar-refractivity contribution in [2.45, 2.75) is 84.3 Å². The Kier molecular flexibility index (Phi) is 10.7. The molecule has 1 aliphatic rings. The van der Waals surface area contributed by atoms with Crippen molar-refractivity contribution in [3.8, 4) is 0 Å². The van der Waals surface area contributed by atoms with Crippen LogP contribution in [0.2, 0.25) is 0 Å². The predicted octanol–water partition coefficient (Wildman–Crippen LogP) is 3.98. The Morgan fingerprint density at radius 3 is 2.68 bits per heavy atom. The van der Waals surface area contributed by atoms with Crippen LogP contribution in [-0.2, 0) is 14.3 Å². The third-order valence-electron chi connectivity index (χ3n) is 5.76. The number of ether oxygens (including phenoxy) is 1. The summed E-state index contributed by atoms with van der Waals surface area (Å²) in [5.74, 6) is -0.660. The van der Waals surface area contributed by atoms with Crippen LogP contribution in [0.15, 0.2) is 24.3 Å². The SMILES string of the molecule is CCCCC(C)(C)[C@H](O)/C=C/[C@H]1[C@H](O)CC(=O)[C@@H]1C/C=C\CCCC(=O)OC. The van der Waals surface area contributed by atoms with Crippen LogP contribution in [-0.4, -0.2) is 41.3 Å². The van der Waals surface area contributed by atoms with Gasteiger partial charge in [0.2, 0.25) is 0 Å². The monoisotopic (exact) mass is 394 g/mol. The number of allylic oxidation sites excluding steroid dienone is 2. The van der Waals surface area contributed by atoms with Crippen LogP contribution in [0.25, 0.3) is 0 Å². The minimum atomic E-state index is -0.688. The lowest BCUT2D eigenvalue weighted by Crippen LogP contribution is -2.28. The van der Waals surface area contributed by atoms with Gasteiger partial charge >= 0.3 is 5.97 Å². The molecule has 0 aromatic carbocycles. The van der Waals surface area contributed by atoms with E-state index in [-0.39, 0.29) is 35.4 Å². The van der Waals surface area contributed by atoms with Gasteiger partial charge in [-0.05, 0) is 31.1 Å². The molecule has 5 heteroatoms. The number of unbranched alkanes of at least 4 members (excludes halogenated alkanes) is 2. The van der Waals surface area contributed by atoms with Crippen molar-refractivity contribution in [1.82, 2.24) is 0 Å². The first-order valence-electron chi connectivity index (χ1n) is 10.5. The van der Waals surface area contributed by atoms with Crippen LogP contribution in [0.5, 0.6) is 0 Å². The van der Waals surface area contributed by atoms with Crippen molar-refractivity contribution < 1.29 is 24.5 Å². The highest BCUT2D eigenvalue weighted by Gasteiger charge is 2.39. The van der Waals surface area contributed by atoms with Crippen molar-refractivity contribution in [2.75, 3.05) is 7.11 Å². The van der Waals surface area contributed by atoms with Crippen molar-refractivity contribution in [3.05, 3.63) is 24.3 Å². The highest BCUT2D eigenvalue weighted by Crippen LogP contribution is 2.35. The molecule has 1 aliphatic carbocycles. The van der Waals surface area contributed by atoms with Gasteiger partial charge < -0.3 is 14.9 Å². The Morgan fingerprint density at radius 2 is 2.04 bits per heavy atom. The van der Waals surface area contributed by atoms with Gasteiger partial charge in [-0.25, -0.2) is 0 Å². The Labute approximate surface area is 169 Å². The van der Waals surface area contributed by atoms with E-state index < -0.39 is 12.2 Å². The van der Waals surface area contributed by atoms with Gasteiger partial charge in [-0.3, -0.25) is 9.59 Å². The molecule has 160 valence electrons. The molecule has 4 atom stereocenters. The maximum Gasteiger partial charge on any atom is 0.305 e. The van der Waals surface area contributed by atoms with Gasteiger partial charge in [0.05, 0.1) is 19.3 Å². The quantitative estimate of drug-likeness (QED) is 0.297. The van der Waals surface area contributed by atoms with Gasteiger partial charge in [-0.15, -0.1) is 0 Å². The molecule has 0 heterocycles. The zero-order chi connectivity index (χ0) is 21.2. The average molecular weight is 395 g/mol. The Hall–Kier alpha value is -1.46. The number of rotatable bonds is 12. The van der Waals surface area contributed by atoms with E-state index in [4.69, 9.17) is 0 Å². The molecule has 0 amide bonds. The van der Waals surface area contributed by atoms with Crippen LogP contribution in [0.1, 0.15) is 72.1 Å². The fraction of sp³-hybridized carbons (Fsp3) is 0.739. The highest BCUT2D eigenvalue weighted by atomic mass is 16.5. The number of carbonyl (C=O) groups is 2. The summed E-state index contributed by atoms with van der Waals surface area (Å²) in [7, 11) is 1.38. The number of aliphatic hydroxyl groups excluding tert-OH is 2. The molecule has 0 aliphatic heterocycles. The lowest BCUT2D eigenvalue weighted by atomic mass is 9.80. The molecule has 0 spiro atoms. The van der Waals surface area contributed by atoms with E-state index in [2.05, 4.69) is 11.7 Å². The van der Waals surface area contributed by atoms with E-state index in [1.165, 1.54) is 7.11 Å². The second-order valence-electron chi connectivity index (χ2n) is 8.52. The van der Waals surface area contributed by atoms with Crippen molar-refractivity contribution >= 4 is 11.8 Å². The second-order valence-corrected chi connectivity index (χ2v) is 8.52. The molecule has 0 bridgehead atoms. The number of carbonyl (C=O) groups excluding carboxylic acids is 2. The summed E-state index contributed by atoms with van der Waals surface area (Å²) in [6.07, 6.45) is 11.9. The molecule has 0 aromatic rings. The molecular weight excluding hydrogens is 356 g/mol. The largest absolute Gasteiger partial charge is 0.469 e. The molecule has 0 radical (unpaired) electrons. The summed E-state index contributed by atoms with van der Waals surface area (Å²) >= 11 is 0. The summed E-state index contributed by atoms with van der Waals surface area (Å²) in [6.45, 7) is 6.22. The van der Waals surface area contributed by atoms with Gasteiger partial charge in [0.25, 0.3) is 0 Å². The highest BCUT2D eigenvalue weighted by molar-refractivity contribution is 5.84. The summed E-state index contributed by atoms with van der Waals surface area (Å²) in [6, 6.07) is 0. The van der Waals surface area contributed by atoms with Crippen LogP contribution in [0.4, 0.5) is 0 Å². The third-order valence-corrected chi connectivity index (χ3v) is 5.76. The minimum Gasteiger partial charge on any atom is -0.469 e. The van der Waals surface area contributed by atoms with Gasteiger partial charge in [0, 0.05) is 24.7 Å². The fourth-order valence-electron chi connectivity index (χ4n) is 3.63. The number of Topliss-reactive ketones (excluding diaryl/α,β-unsaturated/α-hetero) is 1. The number of ketones is 1. The molecule has 28 heavy (non-hydrogen) atoms. The molecule has 1 saturated carbocycles. The first-order valence-corrected chi connectivity index (χ1v) is 10.5. The molecule has 1 rings (SSSR count). The molecule has 5 nitrogen and oxygen atoms in total. The zero-order valence-corrected chi connectivity index (χ0v) is 17.9. The Bertz CT molecular complexity index is 549.